The number of nitrogens with one attached hydrogen (secondary N) is 2. The van der Waals surface area contributed by atoms with Gasteiger partial charge in [-0.25, -0.2) is 4.79 Å². The number of rotatable bonds is 2. The Morgan fingerprint density at radius 3 is 2.46 bits per heavy atom. The maximum Gasteiger partial charge on any atom is 0.321 e. The van der Waals surface area contributed by atoms with E-state index in [2.05, 4.69) is 15.5 Å². The van der Waals surface area contributed by atoms with Crippen molar-refractivity contribution < 1.29 is 14.3 Å². The van der Waals surface area contributed by atoms with Gasteiger partial charge in [0.1, 0.15) is 11.4 Å². The number of anilines is 2. The largest absolute Gasteiger partial charge is 0.497 e. The number of piperidine rings is 1. The molecule has 1 fully saturated rings. The SMILES string of the molecule is COc1ccc(NC(=O)N2CCC3(CC2)NC(=O)c2ccccc2N3C)cc1. The van der Waals surface area contributed by atoms with Crippen LogP contribution in [-0.2, 0) is 0 Å². The van der Waals surface area contributed by atoms with Crippen LogP contribution in [-0.4, -0.2) is 49.7 Å². The van der Waals surface area contributed by atoms with Gasteiger partial charge in [0, 0.05) is 38.7 Å². The average molecular weight is 380 g/mol. The third-order valence-corrected chi connectivity index (χ3v) is 5.72. The maximum atomic E-state index is 12.6. The van der Waals surface area contributed by atoms with Crippen LogP contribution in [0.2, 0.25) is 0 Å². The fraction of sp³-hybridized carbons (Fsp3) is 0.333. The van der Waals surface area contributed by atoms with Crippen molar-refractivity contribution in [1.82, 2.24) is 10.2 Å². The van der Waals surface area contributed by atoms with Crippen molar-refractivity contribution in [3.05, 3.63) is 54.1 Å². The lowest BCUT2D eigenvalue weighted by atomic mass is 9.90. The lowest BCUT2D eigenvalue weighted by molar-refractivity contribution is 0.0815. The summed E-state index contributed by atoms with van der Waals surface area (Å²) in [5.74, 6) is 0.694. The zero-order chi connectivity index (χ0) is 19.7. The number of urea groups is 1. The quantitative estimate of drug-likeness (QED) is 0.840. The van der Waals surface area contributed by atoms with E-state index in [4.69, 9.17) is 4.74 Å². The van der Waals surface area contributed by atoms with Gasteiger partial charge in [-0.1, -0.05) is 12.1 Å². The second kappa shape index (κ2) is 7.07. The van der Waals surface area contributed by atoms with Gasteiger partial charge in [-0.05, 0) is 36.4 Å². The monoisotopic (exact) mass is 380 g/mol. The van der Waals surface area contributed by atoms with E-state index in [-0.39, 0.29) is 11.9 Å². The minimum Gasteiger partial charge on any atom is -0.497 e. The number of hydrogen-bond acceptors (Lipinski definition) is 4. The molecule has 2 N–H and O–H groups in total. The number of likely N-dealkylation sites (tertiary alicyclic amines) is 1. The predicted molar refractivity (Wildman–Crippen MR) is 108 cm³/mol. The van der Waals surface area contributed by atoms with Crippen molar-refractivity contribution in [3.8, 4) is 5.75 Å². The van der Waals surface area contributed by atoms with Crippen LogP contribution in [0.5, 0.6) is 5.75 Å². The molecule has 2 aliphatic heterocycles. The molecule has 1 saturated heterocycles. The number of ether oxygens (including phenoxy) is 1. The summed E-state index contributed by atoms with van der Waals surface area (Å²) in [5, 5.41) is 6.09. The Balaban J connectivity index is 1.43. The van der Waals surface area contributed by atoms with E-state index >= 15 is 0 Å². The molecule has 2 heterocycles. The Labute approximate surface area is 164 Å². The molecule has 28 heavy (non-hydrogen) atoms. The van der Waals surface area contributed by atoms with E-state index in [1.54, 1.807) is 12.0 Å². The summed E-state index contributed by atoms with van der Waals surface area (Å²) in [5.41, 5.74) is 1.89. The van der Waals surface area contributed by atoms with Crippen molar-refractivity contribution in [3.63, 3.8) is 0 Å². The summed E-state index contributed by atoms with van der Waals surface area (Å²) >= 11 is 0. The molecule has 0 aromatic heterocycles. The lowest BCUT2D eigenvalue weighted by Crippen LogP contribution is -2.67. The summed E-state index contributed by atoms with van der Waals surface area (Å²) in [7, 11) is 3.61. The fourth-order valence-corrected chi connectivity index (χ4v) is 3.97. The first-order chi connectivity index (χ1) is 13.5. The molecule has 0 saturated carbocycles. The van der Waals surface area contributed by atoms with Crippen LogP contribution in [0.1, 0.15) is 23.2 Å². The average Bonchev–Trinajstić information content (AvgIpc) is 2.73. The van der Waals surface area contributed by atoms with Crippen LogP contribution < -0.4 is 20.3 Å². The predicted octanol–water partition coefficient (Wildman–Crippen LogP) is 2.90. The van der Waals surface area contributed by atoms with Gasteiger partial charge in [-0.15, -0.1) is 0 Å². The number of fused-ring (bicyclic) bond motifs is 1. The van der Waals surface area contributed by atoms with E-state index in [1.165, 1.54) is 0 Å². The topological polar surface area (TPSA) is 73.9 Å². The highest BCUT2D eigenvalue weighted by Gasteiger charge is 2.44. The fourth-order valence-electron chi connectivity index (χ4n) is 3.97. The number of carbonyl (C=O) groups is 2. The van der Waals surface area contributed by atoms with Crippen molar-refractivity contribution in [2.24, 2.45) is 0 Å². The first kappa shape index (κ1) is 18.2. The Hall–Kier alpha value is -3.22. The highest BCUT2D eigenvalue weighted by molar-refractivity contribution is 6.02. The summed E-state index contributed by atoms with van der Waals surface area (Å²) in [4.78, 5) is 29.1. The van der Waals surface area contributed by atoms with Gasteiger partial charge in [0.05, 0.1) is 18.4 Å². The molecule has 0 unspecified atom stereocenters. The molecule has 0 aliphatic carbocycles. The molecule has 2 aromatic rings. The number of benzene rings is 2. The summed E-state index contributed by atoms with van der Waals surface area (Å²) < 4.78 is 5.14. The Bertz CT molecular complexity index is 889. The lowest BCUT2D eigenvalue weighted by Gasteiger charge is -2.51. The number of nitrogens with zero attached hydrogens (tertiary/aromatic N) is 2. The molecule has 7 nitrogen and oxygen atoms in total. The number of amides is 3. The first-order valence-corrected chi connectivity index (χ1v) is 9.38. The maximum absolute atomic E-state index is 12.6. The molecule has 3 amide bonds. The number of hydrogen-bond donors (Lipinski definition) is 2. The molecule has 7 heteroatoms. The van der Waals surface area contributed by atoms with Gasteiger partial charge in [0.2, 0.25) is 0 Å². The Morgan fingerprint density at radius 2 is 1.79 bits per heavy atom. The highest BCUT2D eigenvalue weighted by atomic mass is 16.5. The van der Waals surface area contributed by atoms with Crippen molar-refractivity contribution in [2.45, 2.75) is 18.5 Å². The molecule has 0 bridgehead atoms. The number of para-hydroxylation sites is 1. The second-order valence-electron chi connectivity index (χ2n) is 7.21. The van der Waals surface area contributed by atoms with Crippen LogP contribution in [0, 0.1) is 0 Å². The normalized spacial score (nSPS) is 17.7. The standard InChI is InChI=1S/C21H24N4O3/c1-24-18-6-4-3-5-17(18)19(26)23-21(24)11-13-25(14-12-21)20(27)22-15-7-9-16(28-2)10-8-15/h3-10H,11-14H2,1-2H3,(H,22,27)(H,23,26). The third kappa shape index (κ3) is 3.13. The van der Waals surface area contributed by atoms with E-state index in [0.717, 1.165) is 17.1 Å². The molecular weight excluding hydrogens is 356 g/mol. The summed E-state index contributed by atoms with van der Waals surface area (Å²) in [6.45, 7) is 1.13. The van der Waals surface area contributed by atoms with Crippen LogP contribution >= 0.6 is 0 Å². The van der Waals surface area contributed by atoms with E-state index < -0.39 is 5.66 Å². The zero-order valence-electron chi connectivity index (χ0n) is 16.1. The van der Waals surface area contributed by atoms with Gasteiger partial charge in [-0.2, -0.15) is 0 Å². The van der Waals surface area contributed by atoms with E-state index in [0.29, 0.717) is 31.5 Å². The van der Waals surface area contributed by atoms with Crippen LogP contribution in [0.4, 0.5) is 16.2 Å². The van der Waals surface area contributed by atoms with Crippen LogP contribution in [0.3, 0.4) is 0 Å². The molecule has 0 atom stereocenters. The van der Waals surface area contributed by atoms with Gasteiger partial charge in [0.25, 0.3) is 5.91 Å². The number of methoxy groups -OCH3 is 1. The highest BCUT2D eigenvalue weighted by Crippen LogP contribution is 2.36. The Morgan fingerprint density at radius 1 is 1.11 bits per heavy atom. The molecule has 0 radical (unpaired) electrons. The van der Waals surface area contributed by atoms with Crippen molar-refractivity contribution in [2.75, 3.05) is 37.5 Å². The molecule has 1 spiro atoms. The molecular formula is C21H24N4O3. The van der Waals surface area contributed by atoms with E-state index in [1.807, 2.05) is 55.6 Å². The smallest absolute Gasteiger partial charge is 0.321 e. The van der Waals surface area contributed by atoms with Gasteiger partial charge < -0.3 is 25.2 Å². The van der Waals surface area contributed by atoms with Gasteiger partial charge in [0.15, 0.2) is 0 Å². The van der Waals surface area contributed by atoms with Crippen LogP contribution in [0.25, 0.3) is 0 Å². The molecule has 4 rings (SSSR count). The Kier molecular flexibility index (Phi) is 4.58. The molecule has 2 aliphatic rings. The molecule has 2 aromatic carbocycles. The number of carbonyl (C=O) groups excluding carboxylic acids is 2. The van der Waals surface area contributed by atoms with Crippen molar-refractivity contribution in [1.29, 1.82) is 0 Å². The third-order valence-electron chi connectivity index (χ3n) is 5.72. The molecule has 146 valence electrons. The minimum atomic E-state index is -0.456. The summed E-state index contributed by atoms with van der Waals surface area (Å²) in [6, 6.07) is 14.7. The summed E-state index contributed by atoms with van der Waals surface area (Å²) in [6.07, 6.45) is 1.33. The zero-order valence-corrected chi connectivity index (χ0v) is 16.1. The second-order valence-corrected chi connectivity index (χ2v) is 7.21. The van der Waals surface area contributed by atoms with Crippen LogP contribution in [0.15, 0.2) is 48.5 Å². The van der Waals surface area contributed by atoms with Crippen molar-refractivity contribution >= 4 is 23.3 Å². The van der Waals surface area contributed by atoms with E-state index in [9.17, 15) is 9.59 Å². The first-order valence-electron chi connectivity index (χ1n) is 9.38. The van der Waals surface area contributed by atoms with Gasteiger partial charge >= 0.3 is 6.03 Å². The van der Waals surface area contributed by atoms with Gasteiger partial charge in [-0.3, -0.25) is 4.79 Å². The minimum absolute atomic E-state index is 0.0511.